The van der Waals surface area contributed by atoms with Crippen molar-refractivity contribution in [3.8, 4) is 0 Å². The van der Waals surface area contributed by atoms with Gasteiger partial charge in [-0.2, -0.15) is 0 Å². The SMILES string of the molecule is NC(=NO)c1ncn(CCSc2ccccc2)n1. The molecule has 0 aliphatic rings. The first-order chi connectivity index (χ1) is 8.79. The molecule has 6 nitrogen and oxygen atoms in total. The number of oxime groups is 1. The summed E-state index contributed by atoms with van der Waals surface area (Å²) in [6, 6.07) is 10.1. The maximum Gasteiger partial charge on any atom is 0.219 e. The highest BCUT2D eigenvalue weighted by Crippen LogP contribution is 2.16. The Hall–Kier alpha value is -2.02. The highest BCUT2D eigenvalue weighted by Gasteiger charge is 2.05. The van der Waals surface area contributed by atoms with Crippen LogP contribution in [0.5, 0.6) is 0 Å². The molecular weight excluding hydrogens is 250 g/mol. The number of thioether (sulfide) groups is 1. The first-order valence-corrected chi connectivity index (χ1v) is 6.33. The Morgan fingerprint density at radius 2 is 2.17 bits per heavy atom. The Morgan fingerprint density at radius 1 is 1.39 bits per heavy atom. The second kappa shape index (κ2) is 6.06. The van der Waals surface area contributed by atoms with Crippen LogP contribution in [-0.4, -0.2) is 31.6 Å². The number of aryl methyl sites for hydroxylation is 1. The molecule has 0 aliphatic carbocycles. The van der Waals surface area contributed by atoms with E-state index in [1.54, 1.807) is 22.8 Å². The summed E-state index contributed by atoms with van der Waals surface area (Å²) in [5.74, 6) is 1.04. The quantitative estimate of drug-likeness (QED) is 0.278. The van der Waals surface area contributed by atoms with Crippen molar-refractivity contribution in [3.05, 3.63) is 42.5 Å². The maximum atomic E-state index is 8.49. The second-order valence-electron chi connectivity index (χ2n) is 3.48. The smallest absolute Gasteiger partial charge is 0.219 e. The van der Waals surface area contributed by atoms with Crippen LogP contribution in [0.15, 0.2) is 46.7 Å². The predicted octanol–water partition coefficient (Wildman–Crippen LogP) is 1.16. The Morgan fingerprint density at radius 3 is 2.89 bits per heavy atom. The molecule has 1 heterocycles. The van der Waals surface area contributed by atoms with Crippen molar-refractivity contribution < 1.29 is 5.21 Å². The standard InChI is InChI=1S/C11H13N5OS/c12-10(15-17)11-13-8-16(14-11)6-7-18-9-4-2-1-3-5-9/h1-5,8,17H,6-7H2,(H2,12,15). The van der Waals surface area contributed by atoms with Gasteiger partial charge in [0.1, 0.15) is 6.33 Å². The number of nitrogens with two attached hydrogens (primary N) is 1. The molecule has 0 spiro atoms. The lowest BCUT2D eigenvalue weighted by molar-refractivity contribution is 0.318. The molecule has 94 valence electrons. The summed E-state index contributed by atoms with van der Waals surface area (Å²) in [4.78, 5) is 5.16. The van der Waals surface area contributed by atoms with Gasteiger partial charge in [0, 0.05) is 10.6 Å². The van der Waals surface area contributed by atoms with Crippen molar-refractivity contribution in [2.45, 2.75) is 11.4 Å². The van der Waals surface area contributed by atoms with Crippen LogP contribution >= 0.6 is 11.8 Å². The second-order valence-corrected chi connectivity index (χ2v) is 4.65. The monoisotopic (exact) mass is 263 g/mol. The molecule has 0 amide bonds. The molecule has 0 unspecified atom stereocenters. The lowest BCUT2D eigenvalue weighted by Crippen LogP contribution is -2.15. The molecule has 0 bridgehead atoms. The van der Waals surface area contributed by atoms with E-state index in [0.717, 1.165) is 5.75 Å². The third kappa shape index (κ3) is 3.24. The highest BCUT2D eigenvalue weighted by atomic mass is 32.2. The predicted molar refractivity (Wildman–Crippen MR) is 69.7 cm³/mol. The van der Waals surface area contributed by atoms with E-state index in [9.17, 15) is 0 Å². The van der Waals surface area contributed by atoms with E-state index < -0.39 is 0 Å². The third-order valence-corrected chi connectivity index (χ3v) is 3.20. The highest BCUT2D eigenvalue weighted by molar-refractivity contribution is 7.99. The molecule has 0 atom stereocenters. The van der Waals surface area contributed by atoms with E-state index in [-0.39, 0.29) is 11.7 Å². The Kier molecular flexibility index (Phi) is 4.19. The van der Waals surface area contributed by atoms with Gasteiger partial charge in [0.05, 0.1) is 6.54 Å². The Balaban J connectivity index is 1.86. The van der Waals surface area contributed by atoms with Gasteiger partial charge in [-0.25, -0.2) is 4.98 Å². The van der Waals surface area contributed by atoms with Crippen LogP contribution < -0.4 is 5.73 Å². The minimum atomic E-state index is -0.0792. The van der Waals surface area contributed by atoms with Gasteiger partial charge < -0.3 is 10.9 Å². The van der Waals surface area contributed by atoms with Gasteiger partial charge in [0.15, 0.2) is 0 Å². The van der Waals surface area contributed by atoms with E-state index in [1.807, 2.05) is 18.2 Å². The molecule has 0 saturated carbocycles. The fourth-order valence-electron chi connectivity index (χ4n) is 1.34. The minimum absolute atomic E-state index is 0.0792. The average molecular weight is 263 g/mol. The lowest BCUT2D eigenvalue weighted by Gasteiger charge is -2.01. The third-order valence-electron chi connectivity index (χ3n) is 2.21. The molecule has 0 aliphatic heterocycles. The van der Waals surface area contributed by atoms with E-state index in [2.05, 4.69) is 27.4 Å². The summed E-state index contributed by atoms with van der Waals surface area (Å²) in [6.07, 6.45) is 1.57. The van der Waals surface area contributed by atoms with Gasteiger partial charge >= 0.3 is 0 Å². The van der Waals surface area contributed by atoms with Crippen LogP contribution in [0.3, 0.4) is 0 Å². The fraction of sp³-hybridized carbons (Fsp3) is 0.182. The average Bonchev–Trinajstić information content (AvgIpc) is 2.88. The summed E-state index contributed by atoms with van der Waals surface area (Å²) in [7, 11) is 0. The van der Waals surface area contributed by atoms with E-state index in [1.165, 1.54) is 4.90 Å². The minimum Gasteiger partial charge on any atom is -0.409 e. The van der Waals surface area contributed by atoms with Crippen molar-refractivity contribution in [2.75, 3.05) is 5.75 Å². The Bertz CT molecular complexity index is 525. The number of hydrogen-bond acceptors (Lipinski definition) is 5. The molecule has 2 rings (SSSR count). The first-order valence-electron chi connectivity index (χ1n) is 5.35. The van der Waals surface area contributed by atoms with Crippen LogP contribution in [0.4, 0.5) is 0 Å². The van der Waals surface area contributed by atoms with Gasteiger partial charge in [-0.1, -0.05) is 23.4 Å². The zero-order chi connectivity index (χ0) is 12.8. The molecule has 1 aromatic carbocycles. The summed E-state index contributed by atoms with van der Waals surface area (Å²) < 4.78 is 1.67. The molecule has 1 aromatic heterocycles. The topological polar surface area (TPSA) is 89.3 Å². The van der Waals surface area contributed by atoms with Gasteiger partial charge in [-0.05, 0) is 12.1 Å². The summed E-state index contributed by atoms with van der Waals surface area (Å²) in [5.41, 5.74) is 5.38. The number of rotatable bonds is 5. The van der Waals surface area contributed by atoms with E-state index >= 15 is 0 Å². The Labute approximate surface area is 109 Å². The summed E-state index contributed by atoms with van der Waals surface area (Å²) in [6.45, 7) is 0.714. The molecule has 3 N–H and O–H groups in total. The van der Waals surface area contributed by atoms with E-state index in [0.29, 0.717) is 6.54 Å². The molecule has 7 heteroatoms. The lowest BCUT2D eigenvalue weighted by atomic mass is 10.4. The van der Waals surface area contributed by atoms with Crippen molar-refractivity contribution in [1.82, 2.24) is 14.8 Å². The first kappa shape index (κ1) is 12.4. The summed E-state index contributed by atoms with van der Waals surface area (Å²) >= 11 is 1.74. The van der Waals surface area contributed by atoms with Crippen molar-refractivity contribution in [3.63, 3.8) is 0 Å². The van der Waals surface area contributed by atoms with Crippen molar-refractivity contribution >= 4 is 17.6 Å². The van der Waals surface area contributed by atoms with Crippen LogP contribution in [0.1, 0.15) is 5.82 Å². The van der Waals surface area contributed by atoms with Gasteiger partial charge in [0.2, 0.25) is 11.7 Å². The number of nitrogens with zero attached hydrogens (tertiary/aromatic N) is 4. The van der Waals surface area contributed by atoms with Crippen LogP contribution in [0, 0.1) is 0 Å². The van der Waals surface area contributed by atoms with Crippen LogP contribution in [-0.2, 0) is 6.54 Å². The van der Waals surface area contributed by atoms with E-state index in [4.69, 9.17) is 10.9 Å². The zero-order valence-electron chi connectivity index (χ0n) is 9.60. The molecule has 2 aromatic rings. The normalized spacial score (nSPS) is 11.7. The molecule has 18 heavy (non-hydrogen) atoms. The molecule has 0 radical (unpaired) electrons. The fourth-order valence-corrected chi connectivity index (χ4v) is 2.20. The molecule has 0 fully saturated rings. The zero-order valence-corrected chi connectivity index (χ0v) is 10.4. The summed E-state index contributed by atoms with van der Waals surface area (Å²) in [5, 5.41) is 15.4. The molecular formula is C11H13N5OS. The van der Waals surface area contributed by atoms with Crippen LogP contribution in [0.2, 0.25) is 0 Å². The van der Waals surface area contributed by atoms with Gasteiger partial charge in [-0.15, -0.1) is 16.9 Å². The van der Waals surface area contributed by atoms with Crippen molar-refractivity contribution in [2.24, 2.45) is 10.9 Å². The van der Waals surface area contributed by atoms with Gasteiger partial charge in [-0.3, -0.25) is 4.68 Å². The maximum absolute atomic E-state index is 8.49. The van der Waals surface area contributed by atoms with Crippen molar-refractivity contribution in [1.29, 1.82) is 0 Å². The largest absolute Gasteiger partial charge is 0.409 e. The molecule has 0 saturated heterocycles. The number of aromatic nitrogens is 3. The number of benzene rings is 1. The van der Waals surface area contributed by atoms with Crippen LogP contribution in [0.25, 0.3) is 0 Å². The number of hydrogen-bond donors (Lipinski definition) is 2. The number of amidine groups is 1. The van der Waals surface area contributed by atoms with Gasteiger partial charge in [0.25, 0.3) is 0 Å².